The van der Waals surface area contributed by atoms with Gasteiger partial charge in [-0.2, -0.15) is 15.0 Å². The zero-order valence-corrected chi connectivity index (χ0v) is 14.5. The molecule has 2 aromatic carbocycles. The number of hydrogen-bond acceptors (Lipinski definition) is 4. The maximum absolute atomic E-state index is 12.6. The number of nitrogens with zero attached hydrogens (tertiary/aromatic N) is 3. The molecule has 3 aromatic rings. The first kappa shape index (κ1) is 16.0. The maximum atomic E-state index is 12.6. The predicted molar refractivity (Wildman–Crippen MR) is 90.5 cm³/mol. The maximum Gasteiger partial charge on any atom is 0.262 e. The van der Waals surface area contributed by atoms with E-state index in [1.54, 1.807) is 38.2 Å². The normalized spacial score (nSPS) is 11.8. The summed E-state index contributed by atoms with van der Waals surface area (Å²) in [7, 11) is -2.16. The van der Waals surface area contributed by atoms with Crippen molar-refractivity contribution in [2.75, 3.05) is 4.72 Å². The summed E-state index contributed by atoms with van der Waals surface area (Å²) in [4.78, 5) is 1.47. The molecule has 0 bridgehead atoms. The lowest BCUT2D eigenvalue weighted by molar-refractivity contribution is 0.600. The largest absolute Gasteiger partial charge is 0.278 e. The van der Waals surface area contributed by atoms with E-state index < -0.39 is 10.0 Å². The molecule has 0 unspecified atom stereocenters. The molecule has 0 fully saturated rings. The molecule has 1 aromatic heterocycles. The van der Waals surface area contributed by atoms with Gasteiger partial charge in [-0.25, -0.2) is 8.42 Å². The summed E-state index contributed by atoms with van der Waals surface area (Å²) in [6.07, 6.45) is 0. The van der Waals surface area contributed by atoms with Gasteiger partial charge in [0.05, 0.1) is 15.6 Å². The number of fused-ring (bicyclic) bond motifs is 1. The average Bonchev–Trinajstić information content (AvgIpc) is 2.86. The Morgan fingerprint density at radius 3 is 2.61 bits per heavy atom. The Hall–Kier alpha value is -1.83. The first-order chi connectivity index (χ1) is 10.8. The standard InChI is InChI=1S/C14H12Cl2N4O2S/c1-8-9(15)4-3-5-12(8)23(21,22)19-10-6-7-11-14(13(10)16)18-20(2)17-11/h3-7,19H,1-2H3. The zero-order valence-electron chi connectivity index (χ0n) is 12.2. The van der Waals surface area contributed by atoms with E-state index in [-0.39, 0.29) is 15.6 Å². The van der Waals surface area contributed by atoms with Crippen molar-refractivity contribution in [1.82, 2.24) is 15.0 Å². The number of hydrogen-bond donors (Lipinski definition) is 1. The van der Waals surface area contributed by atoms with Crippen LogP contribution in [0, 0.1) is 6.92 Å². The van der Waals surface area contributed by atoms with Gasteiger partial charge in [0.1, 0.15) is 11.0 Å². The summed E-state index contributed by atoms with van der Waals surface area (Å²) in [5.74, 6) is 0. The average molecular weight is 371 g/mol. The topological polar surface area (TPSA) is 76.9 Å². The zero-order chi connectivity index (χ0) is 16.8. The fraction of sp³-hybridized carbons (Fsp3) is 0.143. The first-order valence-corrected chi connectivity index (χ1v) is 8.81. The second-order valence-electron chi connectivity index (χ2n) is 4.95. The van der Waals surface area contributed by atoms with Crippen LogP contribution in [0.4, 0.5) is 5.69 Å². The fourth-order valence-corrected chi connectivity index (χ4v) is 4.08. The van der Waals surface area contributed by atoms with Crippen LogP contribution in [0.5, 0.6) is 0 Å². The lowest BCUT2D eigenvalue weighted by Crippen LogP contribution is -2.14. The molecule has 23 heavy (non-hydrogen) atoms. The van der Waals surface area contributed by atoms with Crippen LogP contribution in [0.15, 0.2) is 35.2 Å². The first-order valence-electron chi connectivity index (χ1n) is 6.57. The van der Waals surface area contributed by atoms with Crippen molar-refractivity contribution in [2.24, 2.45) is 7.05 Å². The van der Waals surface area contributed by atoms with Gasteiger partial charge in [0.2, 0.25) is 0 Å². The van der Waals surface area contributed by atoms with E-state index >= 15 is 0 Å². The van der Waals surface area contributed by atoms with Crippen LogP contribution in [0.3, 0.4) is 0 Å². The quantitative estimate of drug-likeness (QED) is 0.766. The minimum atomic E-state index is -3.82. The Labute approximate surface area is 143 Å². The van der Waals surface area contributed by atoms with E-state index in [0.29, 0.717) is 21.6 Å². The fourth-order valence-electron chi connectivity index (χ4n) is 2.21. The van der Waals surface area contributed by atoms with Gasteiger partial charge < -0.3 is 0 Å². The van der Waals surface area contributed by atoms with E-state index in [9.17, 15) is 8.42 Å². The molecule has 0 aliphatic heterocycles. The number of halogens is 2. The smallest absolute Gasteiger partial charge is 0.262 e. The highest BCUT2D eigenvalue weighted by Gasteiger charge is 2.20. The van der Waals surface area contributed by atoms with Gasteiger partial charge in [0.25, 0.3) is 10.0 Å². The minimum absolute atomic E-state index is 0.0975. The Kier molecular flexibility index (Phi) is 3.95. The van der Waals surface area contributed by atoms with Crippen molar-refractivity contribution in [1.29, 1.82) is 0 Å². The lowest BCUT2D eigenvalue weighted by Gasteiger charge is -2.12. The van der Waals surface area contributed by atoms with E-state index in [4.69, 9.17) is 23.2 Å². The SMILES string of the molecule is Cc1c(Cl)cccc1S(=O)(=O)Nc1ccc2nn(C)nc2c1Cl. The molecule has 3 rings (SSSR count). The van der Waals surface area contributed by atoms with E-state index in [2.05, 4.69) is 14.9 Å². The number of aromatic nitrogens is 3. The van der Waals surface area contributed by atoms with Gasteiger partial charge >= 0.3 is 0 Å². The Morgan fingerprint density at radius 1 is 1.13 bits per heavy atom. The highest BCUT2D eigenvalue weighted by molar-refractivity contribution is 7.92. The molecule has 1 N–H and O–H groups in total. The van der Waals surface area contributed by atoms with Gasteiger partial charge in [-0.15, -0.1) is 0 Å². The van der Waals surface area contributed by atoms with E-state index in [1.165, 1.54) is 10.9 Å². The molecule has 0 atom stereocenters. The predicted octanol–water partition coefficient (Wildman–Crippen LogP) is 3.38. The highest BCUT2D eigenvalue weighted by atomic mass is 35.5. The van der Waals surface area contributed by atoms with Crippen molar-refractivity contribution >= 4 is 49.9 Å². The molecule has 6 nitrogen and oxygen atoms in total. The Morgan fingerprint density at radius 2 is 1.87 bits per heavy atom. The third kappa shape index (κ3) is 2.87. The number of rotatable bonds is 3. The molecule has 120 valence electrons. The second kappa shape index (κ2) is 5.67. The molecule has 0 spiro atoms. The summed E-state index contributed by atoms with van der Waals surface area (Å²) in [6.45, 7) is 1.64. The molecule has 0 aliphatic carbocycles. The number of nitrogens with one attached hydrogen (secondary N) is 1. The van der Waals surface area contributed by atoms with Crippen LogP contribution < -0.4 is 4.72 Å². The molecular formula is C14H12Cl2N4O2S. The van der Waals surface area contributed by atoms with Crippen LogP contribution in [-0.4, -0.2) is 23.4 Å². The summed E-state index contributed by atoms with van der Waals surface area (Å²) < 4.78 is 27.7. The van der Waals surface area contributed by atoms with Crippen molar-refractivity contribution in [3.8, 4) is 0 Å². The van der Waals surface area contributed by atoms with E-state index in [1.807, 2.05) is 0 Å². The third-order valence-electron chi connectivity index (χ3n) is 3.34. The van der Waals surface area contributed by atoms with Gasteiger partial charge in [-0.05, 0) is 36.8 Å². The minimum Gasteiger partial charge on any atom is -0.278 e. The Bertz CT molecular complexity index is 1020. The molecule has 0 radical (unpaired) electrons. The molecule has 0 saturated heterocycles. The second-order valence-corrected chi connectivity index (χ2v) is 7.39. The molecule has 0 saturated carbocycles. The number of aryl methyl sites for hydroxylation is 1. The summed E-state index contributed by atoms with van der Waals surface area (Å²) in [5.41, 5.74) is 1.72. The number of sulfonamides is 1. The number of anilines is 1. The molecule has 1 heterocycles. The third-order valence-corrected chi connectivity index (χ3v) is 5.65. The van der Waals surface area contributed by atoms with Crippen LogP contribution in [0.1, 0.15) is 5.56 Å². The van der Waals surface area contributed by atoms with E-state index in [0.717, 1.165) is 0 Å². The monoisotopic (exact) mass is 370 g/mol. The van der Waals surface area contributed by atoms with Crippen LogP contribution in [-0.2, 0) is 17.1 Å². The lowest BCUT2D eigenvalue weighted by atomic mass is 10.2. The van der Waals surface area contributed by atoms with Crippen molar-refractivity contribution in [3.63, 3.8) is 0 Å². The van der Waals surface area contributed by atoms with Crippen molar-refractivity contribution in [2.45, 2.75) is 11.8 Å². The summed E-state index contributed by atoms with van der Waals surface area (Å²) >= 11 is 12.2. The Balaban J connectivity index is 2.07. The number of benzene rings is 2. The summed E-state index contributed by atoms with van der Waals surface area (Å²) in [5, 5.41) is 8.82. The van der Waals surface area contributed by atoms with Crippen LogP contribution >= 0.6 is 23.2 Å². The molecule has 0 amide bonds. The summed E-state index contributed by atoms with van der Waals surface area (Å²) in [6, 6.07) is 7.90. The highest BCUT2D eigenvalue weighted by Crippen LogP contribution is 2.31. The van der Waals surface area contributed by atoms with Gasteiger partial charge in [-0.3, -0.25) is 4.72 Å². The van der Waals surface area contributed by atoms with Crippen LogP contribution in [0.2, 0.25) is 10.0 Å². The molecular weight excluding hydrogens is 359 g/mol. The van der Waals surface area contributed by atoms with Crippen molar-refractivity contribution < 1.29 is 8.42 Å². The molecule has 9 heteroatoms. The van der Waals surface area contributed by atoms with Gasteiger partial charge in [0.15, 0.2) is 0 Å². The van der Waals surface area contributed by atoms with Crippen molar-refractivity contribution in [3.05, 3.63) is 45.9 Å². The molecule has 0 aliphatic rings. The van der Waals surface area contributed by atoms with Gasteiger partial charge in [0, 0.05) is 12.1 Å². The van der Waals surface area contributed by atoms with Crippen LogP contribution in [0.25, 0.3) is 11.0 Å². The van der Waals surface area contributed by atoms with Gasteiger partial charge in [-0.1, -0.05) is 29.3 Å².